The van der Waals surface area contributed by atoms with Gasteiger partial charge in [0.1, 0.15) is 6.54 Å². The maximum Gasteiger partial charge on any atom is 0.416 e. The zero-order chi connectivity index (χ0) is 26.6. The number of halogens is 3. The fourth-order valence-corrected chi connectivity index (χ4v) is 5.45. The van der Waals surface area contributed by atoms with E-state index < -0.39 is 34.2 Å². The van der Waals surface area contributed by atoms with Gasteiger partial charge in [0, 0.05) is 25.2 Å². The van der Waals surface area contributed by atoms with Gasteiger partial charge in [0.2, 0.25) is 11.8 Å². The molecule has 0 aliphatic carbocycles. The fourth-order valence-electron chi connectivity index (χ4n) is 4.01. The molecule has 3 aromatic rings. The van der Waals surface area contributed by atoms with Crippen LogP contribution in [0.1, 0.15) is 24.0 Å². The van der Waals surface area contributed by atoms with Gasteiger partial charge >= 0.3 is 6.18 Å². The molecule has 0 unspecified atom stereocenters. The van der Waals surface area contributed by atoms with Crippen LogP contribution in [0, 0.1) is 0 Å². The zero-order valence-electron chi connectivity index (χ0n) is 19.6. The Bertz CT molecular complexity index is 1400. The van der Waals surface area contributed by atoms with E-state index in [4.69, 9.17) is 0 Å². The molecule has 0 aromatic heterocycles. The Hall–Kier alpha value is -3.86. The highest BCUT2D eigenvalue weighted by atomic mass is 32.2. The highest BCUT2D eigenvalue weighted by Gasteiger charge is 2.33. The average Bonchev–Trinajstić information content (AvgIpc) is 3.32. The van der Waals surface area contributed by atoms with Crippen molar-refractivity contribution in [1.82, 2.24) is 5.32 Å². The number of alkyl halides is 3. The number of hydrogen-bond donors (Lipinski definition) is 1. The third kappa shape index (κ3) is 6.11. The molecule has 1 heterocycles. The molecule has 37 heavy (non-hydrogen) atoms. The van der Waals surface area contributed by atoms with Crippen LogP contribution in [0.15, 0.2) is 83.8 Å². The van der Waals surface area contributed by atoms with E-state index in [0.29, 0.717) is 34.6 Å². The molecule has 0 saturated carbocycles. The summed E-state index contributed by atoms with van der Waals surface area (Å²) in [5.41, 5.74) is 0.0592. The summed E-state index contributed by atoms with van der Waals surface area (Å²) in [7, 11) is -4.36. The smallest absolute Gasteiger partial charge is 0.350 e. The summed E-state index contributed by atoms with van der Waals surface area (Å²) in [5, 5.41) is 2.63. The van der Waals surface area contributed by atoms with Crippen molar-refractivity contribution in [3.05, 3.63) is 90.0 Å². The second kappa shape index (κ2) is 10.6. The van der Waals surface area contributed by atoms with Gasteiger partial charge in [-0.1, -0.05) is 36.4 Å². The van der Waals surface area contributed by atoms with Gasteiger partial charge in [-0.2, -0.15) is 13.2 Å². The number of carbonyl (C=O) groups excluding carboxylic acids is 2. The third-order valence-electron chi connectivity index (χ3n) is 5.87. The van der Waals surface area contributed by atoms with Gasteiger partial charge in [0.25, 0.3) is 10.0 Å². The quantitative estimate of drug-likeness (QED) is 0.469. The molecule has 1 aliphatic rings. The number of nitrogens with zero attached hydrogens (tertiary/aromatic N) is 2. The number of amides is 2. The lowest BCUT2D eigenvalue weighted by Crippen LogP contribution is -2.40. The van der Waals surface area contributed by atoms with Gasteiger partial charge in [0.05, 0.1) is 16.1 Å². The average molecular weight is 532 g/mol. The second-order valence-electron chi connectivity index (χ2n) is 8.47. The summed E-state index contributed by atoms with van der Waals surface area (Å²) in [5.74, 6) is -0.691. The topological polar surface area (TPSA) is 86.8 Å². The van der Waals surface area contributed by atoms with Crippen LogP contribution in [0.25, 0.3) is 0 Å². The van der Waals surface area contributed by atoms with E-state index in [1.54, 1.807) is 35.2 Å². The minimum atomic E-state index is -4.69. The highest BCUT2D eigenvalue weighted by Crippen LogP contribution is 2.33. The second-order valence-corrected chi connectivity index (χ2v) is 10.3. The minimum absolute atomic E-state index is 0.0176. The molecule has 1 N–H and O–H groups in total. The number of nitrogens with one attached hydrogen (secondary N) is 1. The first-order valence-electron chi connectivity index (χ1n) is 11.5. The standard InChI is InChI=1S/C26H24F3N3O4S/c27-26(28,29)20-8-5-10-22(16-20)32(37(35,36)23-11-2-1-3-12-23)18-24(33)30-17-19-7-4-9-21(15-19)31-14-6-13-25(31)34/h1-5,7-12,15-16H,6,13-14,17-18H2,(H,30,33). The van der Waals surface area contributed by atoms with Crippen LogP contribution >= 0.6 is 0 Å². The fraction of sp³-hybridized carbons (Fsp3) is 0.231. The Morgan fingerprint density at radius 3 is 2.38 bits per heavy atom. The summed E-state index contributed by atoms with van der Waals surface area (Å²) < 4.78 is 67.3. The number of sulfonamides is 1. The first kappa shape index (κ1) is 26.2. The number of rotatable bonds is 8. The molecule has 3 aromatic carbocycles. The van der Waals surface area contributed by atoms with Crippen molar-refractivity contribution >= 4 is 33.2 Å². The van der Waals surface area contributed by atoms with Gasteiger partial charge in [-0.25, -0.2) is 8.42 Å². The van der Waals surface area contributed by atoms with Crippen LogP contribution in [0.3, 0.4) is 0 Å². The molecule has 1 aliphatic heterocycles. The van der Waals surface area contributed by atoms with Gasteiger partial charge in [-0.05, 0) is 54.4 Å². The van der Waals surface area contributed by atoms with Crippen molar-refractivity contribution < 1.29 is 31.2 Å². The van der Waals surface area contributed by atoms with Gasteiger partial charge in [-0.3, -0.25) is 13.9 Å². The Morgan fingerprint density at radius 2 is 1.70 bits per heavy atom. The van der Waals surface area contributed by atoms with E-state index in [9.17, 15) is 31.2 Å². The molecule has 0 bridgehead atoms. The highest BCUT2D eigenvalue weighted by molar-refractivity contribution is 7.92. The summed E-state index contributed by atoms with van der Waals surface area (Å²) in [6.45, 7) is -0.0860. The largest absolute Gasteiger partial charge is 0.416 e. The van der Waals surface area contributed by atoms with E-state index in [-0.39, 0.29) is 23.0 Å². The van der Waals surface area contributed by atoms with Crippen molar-refractivity contribution in [2.24, 2.45) is 0 Å². The predicted octanol–water partition coefficient (Wildman–Crippen LogP) is 4.34. The molecule has 7 nitrogen and oxygen atoms in total. The molecule has 11 heteroatoms. The van der Waals surface area contributed by atoms with E-state index in [1.165, 1.54) is 30.3 Å². The molecule has 1 fully saturated rings. The summed E-state index contributed by atoms with van der Waals surface area (Å²) >= 11 is 0. The number of benzene rings is 3. The zero-order valence-corrected chi connectivity index (χ0v) is 20.4. The van der Waals surface area contributed by atoms with Crippen LogP contribution in [0.2, 0.25) is 0 Å². The predicted molar refractivity (Wildman–Crippen MR) is 132 cm³/mol. The van der Waals surface area contributed by atoms with E-state index in [2.05, 4.69) is 5.32 Å². The Labute approximate surface area is 212 Å². The maximum atomic E-state index is 13.4. The van der Waals surface area contributed by atoms with Gasteiger partial charge < -0.3 is 10.2 Å². The Balaban J connectivity index is 1.56. The lowest BCUT2D eigenvalue weighted by molar-refractivity contribution is -0.137. The number of anilines is 2. The summed E-state index contributed by atoms with van der Waals surface area (Å²) in [4.78, 5) is 26.4. The van der Waals surface area contributed by atoms with E-state index >= 15 is 0 Å². The van der Waals surface area contributed by atoms with Crippen molar-refractivity contribution in [3.63, 3.8) is 0 Å². The molecule has 0 atom stereocenters. The SMILES string of the molecule is O=C(CN(c1cccc(C(F)(F)F)c1)S(=O)(=O)c1ccccc1)NCc1cccc(N2CCCC2=O)c1. The first-order chi connectivity index (χ1) is 17.6. The monoisotopic (exact) mass is 531 g/mol. The maximum absolute atomic E-state index is 13.4. The Morgan fingerprint density at radius 1 is 0.973 bits per heavy atom. The summed E-state index contributed by atoms with van der Waals surface area (Å²) in [6.07, 6.45) is -3.45. The lowest BCUT2D eigenvalue weighted by Gasteiger charge is -2.25. The van der Waals surface area contributed by atoms with Crippen molar-refractivity contribution in [2.75, 3.05) is 22.3 Å². The molecular weight excluding hydrogens is 507 g/mol. The van der Waals surface area contributed by atoms with Gasteiger partial charge in [0.15, 0.2) is 0 Å². The lowest BCUT2D eigenvalue weighted by atomic mass is 10.2. The van der Waals surface area contributed by atoms with Crippen LogP contribution < -0.4 is 14.5 Å². The molecule has 1 saturated heterocycles. The van der Waals surface area contributed by atoms with E-state index in [0.717, 1.165) is 18.6 Å². The van der Waals surface area contributed by atoms with Crippen molar-refractivity contribution in [3.8, 4) is 0 Å². The van der Waals surface area contributed by atoms with E-state index in [1.807, 2.05) is 0 Å². The molecule has 0 spiro atoms. The van der Waals surface area contributed by atoms with Crippen LogP contribution in [-0.4, -0.2) is 33.3 Å². The molecular formula is C26H24F3N3O4S. The molecule has 2 amide bonds. The molecule has 4 rings (SSSR count). The van der Waals surface area contributed by atoms with Crippen molar-refractivity contribution in [1.29, 1.82) is 0 Å². The third-order valence-corrected chi connectivity index (χ3v) is 7.65. The molecule has 0 radical (unpaired) electrons. The van der Waals surface area contributed by atoms with Gasteiger partial charge in [-0.15, -0.1) is 0 Å². The number of hydrogen-bond acceptors (Lipinski definition) is 4. The first-order valence-corrected chi connectivity index (χ1v) is 12.9. The Kier molecular flexibility index (Phi) is 7.53. The van der Waals surface area contributed by atoms with Crippen LogP contribution in [0.5, 0.6) is 0 Å². The summed E-state index contributed by atoms with van der Waals surface area (Å²) in [6, 6.07) is 18.0. The minimum Gasteiger partial charge on any atom is -0.350 e. The van der Waals surface area contributed by atoms with Crippen molar-refractivity contribution in [2.45, 2.75) is 30.5 Å². The number of carbonyl (C=O) groups is 2. The van der Waals surface area contributed by atoms with Crippen LogP contribution in [0.4, 0.5) is 24.5 Å². The normalized spacial score (nSPS) is 14.0. The van der Waals surface area contributed by atoms with Crippen LogP contribution in [-0.2, 0) is 32.3 Å². The molecule has 194 valence electrons.